The second kappa shape index (κ2) is 7.34. The quantitative estimate of drug-likeness (QED) is 0.464. The summed E-state index contributed by atoms with van der Waals surface area (Å²) in [6, 6.07) is 16.1. The first kappa shape index (κ1) is 18.8. The van der Waals surface area contributed by atoms with E-state index in [1.165, 1.54) is 12.1 Å². The Kier molecular flexibility index (Phi) is 4.31. The Morgan fingerprint density at radius 3 is 2.50 bits per heavy atom. The third kappa shape index (κ3) is 3.07. The van der Waals surface area contributed by atoms with Crippen molar-refractivity contribution in [2.24, 2.45) is 0 Å². The van der Waals surface area contributed by atoms with Gasteiger partial charge in [0.05, 0.1) is 0 Å². The maximum atomic E-state index is 13.7. The first-order valence-corrected chi connectivity index (χ1v) is 10.5. The topological polar surface area (TPSA) is 51.7 Å². The van der Waals surface area contributed by atoms with Crippen molar-refractivity contribution < 1.29 is 18.7 Å². The lowest BCUT2D eigenvalue weighted by Gasteiger charge is -2.31. The van der Waals surface area contributed by atoms with Crippen molar-refractivity contribution in [1.29, 1.82) is 0 Å². The van der Waals surface area contributed by atoms with Crippen LogP contribution in [0.15, 0.2) is 67.0 Å². The molecule has 32 heavy (non-hydrogen) atoms. The monoisotopic (exact) mass is 426 g/mol. The summed E-state index contributed by atoms with van der Waals surface area (Å²) in [6.07, 6.45) is 4.18. The van der Waals surface area contributed by atoms with Crippen LogP contribution in [0.4, 0.5) is 4.39 Å². The molecule has 0 atom stereocenters. The van der Waals surface area contributed by atoms with Gasteiger partial charge < -0.3 is 14.4 Å². The Morgan fingerprint density at radius 1 is 0.969 bits per heavy atom. The molecule has 0 bridgehead atoms. The van der Waals surface area contributed by atoms with Crippen LogP contribution in [-0.2, 0) is 13.0 Å². The first-order chi connectivity index (χ1) is 15.7. The molecule has 2 aliphatic rings. The highest BCUT2D eigenvalue weighted by Crippen LogP contribution is 2.43. The number of ether oxygens (including phenoxy) is 2. The molecule has 3 aromatic carbocycles. The van der Waals surface area contributed by atoms with Crippen molar-refractivity contribution in [1.82, 2.24) is 9.88 Å². The number of nitrogens with zero attached hydrogens (tertiary/aromatic N) is 2. The van der Waals surface area contributed by atoms with Crippen LogP contribution in [0.2, 0.25) is 0 Å². The molecule has 158 valence electrons. The van der Waals surface area contributed by atoms with Crippen LogP contribution < -0.4 is 9.47 Å². The van der Waals surface area contributed by atoms with Crippen LogP contribution in [0.25, 0.3) is 21.9 Å². The number of aromatic nitrogens is 1. The third-order valence-electron chi connectivity index (χ3n) is 6.15. The lowest BCUT2D eigenvalue weighted by atomic mass is 9.85. The fraction of sp³-hybridized carbons (Fsp3) is 0.154. The van der Waals surface area contributed by atoms with Crippen LogP contribution in [0.3, 0.4) is 0 Å². The maximum Gasteiger partial charge on any atom is 0.254 e. The van der Waals surface area contributed by atoms with Crippen LogP contribution in [-0.4, -0.2) is 29.1 Å². The average molecular weight is 426 g/mol. The molecule has 1 amide bonds. The molecule has 0 fully saturated rings. The summed E-state index contributed by atoms with van der Waals surface area (Å²) >= 11 is 0. The van der Waals surface area contributed by atoms with E-state index in [-0.39, 0.29) is 18.5 Å². The van der Waals surface area contributed by atoms with Gasteiger partial charge in [0.1, 0.15) is 5.82 Å². The van der Waals surface area contributed by atoms with Gasteiger partial charge >= 0.3 is 0 Å². The molecule has 0 radical (unpaired) electrons. The minimum absolute atomic E-state index is 0.00834. The van der Waals surface area contributed by atoms with Crippen molar-refractivity contribution in [2.45, 2.75) is 13.0 Å². The van der Waals surface area contributed by atoms with Crippen LogP contribution in [0.1, 0.15) is 21.5 Å². The van der Waals surface area contributed by atoms with E-state index in [2.05, 4.69) is 4.98 Å². The molecule has 0 spiro atoms. The van der Waals surface area contributed by atoms with Crippen molar-refractivity contribution in [3.63, 3.8) is 0 Å². The molecule has 4 aromatic rings. The van der Waals surface area contributed by atoms with Gasteiger partial charge in [0, 0.05) is 31.0 Å². The zero-order chi connectivity index (χ0) is 21.7. The van der Waals surface area contributed by atoms with Crippen LogP contribution in [0, 0.1) is 5.82 Å². The van der Waals surface area contributed by atoms with Gasteiger partial charge in [-0.05, 0) is 81.9 Å². The normalized spacial score (nSPS) is 14.7. The highest BCUT2D eigenvalue weighted by molar-refractivity contribution is 6.08. The molecule has 6 rings (SSSR count). The number of carbonyl (C=O) groups excluding carboxylic acids is 1. The van der Waals surface area contributed by atoms with Gasteiger partial charge in [-0.3, -0.25) is 9.78 Å². The number of hydrogen-bond acceptors (Lipinski definition) is 4. The van der Waals surface area contributed by atoms with E-state index in [9.17, 15) is 9.18 Å². The van der Waals surface area contributed by atoms with Gasteiger partial charge in [0.25, 0.3) is 5.91 Å². The smallest absolute Gasteiger partial charge is 0.254 e. The Hall–Kier alpha value is -3.93. The van der Waals surface area contributed by atoms with E-state index in [4.69, 9.17) is 9.47 Å². The van der Waals surface area contributed by atoms with Gasteiger partial charge in [-0.2, -0.15) is 0 Å². The third-order valence-corrected chi connectivity index (χ3v) is 6.15. The van der Waals surface area contributed by atoms with Crippen molar-refractivity contribution in [3.8, 4) is 22.6 Å². The number of rotatable bonds is 3. The molecule has 1 aromatic heterocycles. The Balaban J connectivity index is 1.53. The van der Waals surface area contributed by atoms with Gasteiger partial charge in [0.15, 0.2) is 11.5 Å². The molecule has 2 aliphatic heterocycles. The van der Waals surface area contributed by atoms with Crippen molar-refractivity contribution in [2.75, 3.05) is 13.3 Å². The molecule has 6 heteroatoms. The van der Waals surface area contributed by atoms with Crippen LogP contribution >= 0.6 is 0 Å². The van der Waals surface area contributed by atoms with Gasteiger partial charge in [-0.1, -0.05) is 12.1 Å². The average Bonchev–Trinajstić information content (AvgIpc) is 3.27. The lowest BCUT2D eigenvalue weighted by Crippen LogP contribution is -2.37. The SMILES string of the molecule is O=C1c2cc3cc4c(cc3c(-c3ccc(F)cc3)c2CCN1Cc1ccncc1)OCO4. The predicted molar refractivity (Wildman–Crippen MR) is 118 cm³/mol. The Bertz CT molecular complexity index is 1350. The Labute approximate surface area is 184 Å². The van der Waals surface area contributed by atoms with E-state index in [0.717, 1.165) is 33.0 Å². The largest absolute Gasteiger partial charge is 0.454 e. The molecular formula is C26H19FN2O3. The van der Waals surface area contributed by atoms with Crippen molar-refractivity contribution in [3.05, 3.63) is 89.5 Å². The summed E-state index contributed by atoms with van der Waals surface area (Å²) in [5.74, 6) is 1.05. The summed E-state index contributed by atoms with van der Waals surface area (Å²) in [5, 5.41) is 1.86. The van der Waals surface area contributed by atoms with E-state index in [1.54, 1.807) is 24.5 Å². The molecular weight excluding hydrogens is 407 g/mol. The standard InChI is InChI=1S/C26H19FN2O3/c27-19-3-1-17(2-4-19)25-20-7-10-29(14-16-5-8-28-9-6-16)26(30)22(20)11-18-12-23-24(13-21(18)25)32-15-31-23/h1-6,8-9,11-13H,7,10,14-15H2. The second-order valence-electron chi connectivity index (χ2n) is 8.04. The molecule has 0 aliphatic carbocycles. The van der Waals surface area contributed by atoms with E-state index >= 15 is 0 Å². The fourth-order valence-corrected chi connectivity index (χ4v) is 4.61. The van der Waals surface area contributed by atoms with E-state index in [0.29, 0.717) is 36.6 Å². The number of fused-ring (bicyclic) bond motifs is 3. The number of benzene rings is 3. The minimum Gasteiger partial charge on any atom is -0.454 e. The second-order valence-corrected chi connectivity index (χ2v) is 8.04. The highest BCUT2D eigenvalue weighted by Gasteiger charge is 2.29. The van der Waals surface area contributed by atoms with E-state index < -0.39 is 0 Å². The lowest BCUT2D eigenvalue weighted by molar-refractivity contribution is 0.0727. The summed E-state index contributed by atoms with van der Waals surface area (Å²) in [7, 11) is 0. The van der Waals surface area contributed by atoms with Crippen LogP contribution in [0.5, 0.6) is 11.5 Å². The first-order valence-electron chi connectivity index (χ1n) is 10.5. The molecule has 0 N–H and O–H groups in total. The maximum absolute atomic E-state index is 13.7. The van der Waals surface area contributed by atoms with Gasteiger partial charge in [-0.15, -0.1) is 0 Å². The molecule has 0 unspecified atom stereocenters. The van der Waals surface area contributed by atoms with E-state index in [1.807, 2.05) is 35.2 Å². The van der Waals surface area contributed by atoms with Gasteiger partial charge in [-0.25, -0.2) is 4.39 Å². The Morgan fingerprint density at radius 2 is 1.72 bits per heavy atom. The zero-order valence-electron chi connectivity index (χ0n) is 17.2. The predicted octanol–water partition coefficient (Wildman–Crippen LogP) is 4.97. The summed E-state index contributed by atoms with van der Waals surface area (Å²) in [4.78, 5) is 19.5. The molecule has 0 saturated carbocycles. The number of pyridine rings is 1. The molecule has 3 heterocycles. The van der Waals surface area contributed by atoms with Crippen molar-refractivity contribution >= 4 is 16.7 Å². The number of halogens is 1. The summed E-state index contributed by atoms with van der Waals surface area (Å²) in [6.45, 7) is 1.32. The summed E-state index contributed by atoms with van der Waals surface area (Å²) in [5.41, 5.74) is 4.53. The van der Waals surface area contributed by atoms with Gasteiger partial charge in [0.2, 0.25) is 6.79 Å². The fourth-order valence-electron chi connectivity index (χ4n) is 4.61. The molecule has 5 nitrogen and oxygen atoms in total. The summed E-state index contributed by atoms with van der Waals surface area (Å²) < 4.78 is 24.8. The molecule has 0 saturated heterocycles. The number of carbonyl (C=O) groups is 1. The minimum atomic E-state index is -0.292. The number of amides is 1. The zero-order valence-corrected chi connectivity index (χ0v) is 17.2. The highest BCUT2D eigenvalue weighted by atomic mass is 19.1. The number of hydrogen-bond donors (Lipinski definition) is 0.